The molecule has 138 valence electrons. The van der Waals surface area contributed by atoms with Gasteiger partial charge in [-0.15, -0.1) is 0 Å². The van der Waals surface area contributed by atoms with Crippen molar-refractivity contribution >= 4 is 23.2 Å². The number of aromatic nitrogens is 2. The van der Waals surface area contributed by atoms with Gasteiger partial charge in [-0.25, -0.2) is 0 Å². The second-order valence-corrected chi connectivity index (χ2v) is 6.26. The van der Waals surface area contributed by atoms with Crippen LogP contribution < -0.4 is 10.1 Å². The van der Waals surface area contributed by atoms with Crippen LogP contribution in [-0.4, -0.2) is 16.0 Å². The minimum Gasteiger partial charge on any atom is -0.455 e. The number of pyridine rings is 1. The maximum absolute atomic E-state index is 12.6. The normalized spacial score (nSPS) is 10.5. The summed E-state index contributed by atoms with van der Waals surface area (Å²) in [6, 6.07) is 19.6. The summed E-state index contributed by atoms with van der Waals surface area (Å²) >= 11 is 5.99. The van der Waals surface area contributed by atoms with E-state index >= 15 is 0 Å². The van der Waals surface area contributed by atoms with E-state index in [0.717, 1.165) is 5.56 Å². The third kappa shape index (κ3) is 4.02. The van der Waals surface area contributed by atoms with E-state index < -0.39 is 5.91 Å². The van der Waals surface area contributed by atoms with Gasteiger partial charge < -0.3 is 14.6 Å². The van der Waals surface area contributed by atoms with E-state index in [-0.39, 0.29) is 5.69 Å². The van der Waals surface area contributed by atoms with Crippen LogP contribution in [0.15, 0.2) is 83.6 Å². The molecule has 0 atom stereocenters. The van der Waals surface area contributed by atoms with E-state index in [9.17, 15) is 4.79 Å². The molecule has 0 aliphatic heterocycles. The number of hydrogen-bond donors (Lipinski definition) is 1. The molecule has 1 amide bonds. The highest BCUT2D eigenvalue weighted by Crippen LogP contribution is 2.29. The Morgan fingerprint density at radius 1 is 1.04 bits per heavy atom. The van der Waals surface area contributed by atoms with Crippen molar-refractivity contribution in [2.75, 3.05) is 5.32 Å². The van der Waals surface area contributed by atoms with Crippen LogP contribution in [-0.2, 0) is 0 Å². The van der Waals surface area contributed by atoms with Gasteiger partial charge in [-0.2, -0.15) is 0 Å². The highest BCUT2D eigenvalue weighted by Gasteiger charge is 2.16. The Bertz CT molecular complexity index is 1110. The summed E-state index contributed by atoms with van der Waals surface area (Å²) in [5.41, 5.74) is 1.28. The first-order valence-corrected chi connectivity index (χ1v) is 8.78. The lowest BCUT2D eigenvalue weighted by atomic mass is 10.1. The molecule has 1 N–H and O–H groups in total. The number of amides is 1. The molecule has 0 fully saturated rings. The first-order chi connectivity index (χ1) is 13.7. The van der Waals surface area contributed by atoms with Crippen molar-refractivity contribution in [3.8, 4) is 22.8 Å². The predicted molar refractivity (Wildman–Crippen MR) is 106 cm³/mol. The molecule has 0 saturated carbocycles. The van der Waals surface area contributed by atoms with Crippen LogP contribution in [0.5, 0.6) is 11.5 Å². The highest BCUT2D eigenvalue weighted by molar-refractivity contribution is 6.30. The van der Waals surface area contributed by atoms with Gasteiger partial charge in [0.15, 0.2) is 17.2 Å². The second kappa shape index (κ2) is 7.94. The minimum atomic E-state index is -0.442. The summed E-state index contributed by atoms with van der Waals surface area (Å²) in [6.45, 7) is 0. The smallest absolute Gasteiger partial charge is 0.278 e. The van der Waals surface area contributed by atoms with Crippen molar-refractivity contribution in [2.45, 2.75) is 0 Å². The fraction of sp³-hybridized carbons (Fsp3) is 0. The van der Waals surface area contributed by atoms with Crippen LogP contribution in [0.1, 0.15) is 10.5 Å². The lowest BCUT2D eigenvalue weighted by Gasteiger charge is -2.10. The summed E-state index contributed by atoms with van der Waals surface area (Å²) in [6.07, 6.45) is 3.09. The van der Waals surface area contributed by atoms with Crippen LogP contribution in [0.25, 0.3) is 11.3 Å². The van der Waals surface area contributed by atoms with E-state index in [0.29, 0.717) is 28.0 Å². The second-order valence-electron chi connectivity index (χ2n) is 5.83. The Hall–Kier alpha value is -3.64. The molecule has 4 aromatic rings. The average molecular weight is 392 g/mol. The molecule has 0 bridgehead atoms. The Morgan fingerprint density at radius 2 is 1.89 bits per heavy atom. The lowest BCUT2D eigenvalue weighted by molar-refractivity contribution is 0.101. The van der Waals surface area contributed by atoms with E-state index in [1.807, 2.05) is 36.4 Å². The fourth-order valence-electron chi connectivity index (χ4n) is 2.53. The van der Waals surface area contributed by atoms with Crippen LogP contribution >= 0.6 is 11.6 Å². The fourth-order valence-corrected chi connectivity index (χ4v) is 2.72. The van der Waals surface area contributed by atoms with E-state index in [1.165, 1.54) is 6.20 Å². The standard InChI is InChI=1S/C21H14ClN3O3/c22-15-6-4-5-14(11-15)20-12-17(25-28-20)21(26)24-18-13-23-10-9-19(18)27-16-7-2-1-3-8-16/h1-13H,(H,24,26). The van der Waals surface area contributed by atoms with Crippen molar-refractivity contribution in [1.29, 1.82) is 0 Å². The zero-order valence-corrected chi connectivity index (χ0v) is 15.3. The van der Waals surface area contributed by atoms with Crippen LogP contribution in [0.2, 0.25) is 5.02 Å². The van der Waals surface area contributed by atoms with Gasteiger partial charge >= 0.3 is 0 Å². The number of benzene rings is 2. The molecule has 0 aliphatic carbocycles. The quantitative estimate of drug-likeness (QED) is 0.490. The SMILES string of the molecule is O=C(Nc1cnccc1Oc1ccccc1)c1cc(-c2cccc(Cl)c2)on1. The molecule has 0 unspecified atom stereocenters. The van der Waals surface area contributed by atoms with Crippen molar-refractivity contribution in [1.82, 2.24) is 10.1 Å². The molecule has 6 nitrogen and oxygen atoms in total. The average Bonchev–Trinajstić information content (AvgIpc) is 3.21. The lowest BCUT2D eigenvalue weighted by Crippen LogP contribution is -2.13. The summed E-state index contributed by atoms with van der Waals surface area (Å²) in [5, 5.41) is 7.16. The maximum Gasteiger partial charge on any atom is 0.278 e. The molecule has 0 saturated heterocycles. The van der Waals surface area contributed by atoms with Crippen LogP contribution in [0, 0.1) is 0 Å². The highest BCUT2D eigenvalue weighted by atomic mass is 35.5. The number of nitrogens with zero attached hydrogens (tertiary/aromatic N) is 2. The van der Waals surface area contributed by atoms with Gasteiger partial charge in [-0.05, 0) is 24.3 Å². The number of carbonyl (C=O) groups is 1. The van der Waals surface area contributed by atoms with E-state index in [1.54, 1.807) is 36.5 Å². The van der Waals surface area contributed by atoms with Gasteiger partial charge in [0.2, 0.25) is 0 Å². The van der Waals surface area contributed by atoms with Gasteiger partial charge in [0.05, 0.1) is 6.20 Å². The van der Waals surface area contributed by atoms with Crippen molar-refractivity contribution in [3.05, 3.63) is 89.8 Å². The molecule has 28 heavy (non-hydrogen) atoms. The Morgan fingerprint density at radius 3 is 2.71 bits per heavy atom. The molecule has 2 aromatic carbocycles. The van der Waals surface area contributed by atoms with Crippen molar-refractivity contribution in [2.24, 2.45) is 0 Å². The summed E-state index contributed by atoms with van der Waals surface area (Å²) in [4.78, 5) is 16.6. The van der Waals surface area contributed by atoms with Crippen LogP contribution in [0.4, 0.5) is 5.69 Å². The topological polar surface area (TPSA) is 77.2 Å². The van der Waals surface area contributed by atoms with Gasteiger partial charge in [0, 0.05) is 28.9 Å². The number of ether oxygens (including phenoxy) is 1. The molecule has 2 heterocycles. The molecule has 2 aromatic heterocycles. The number of para-hydroxylation sites is 1. The minimum absolute atomic E-state index is 0.129. The third-order valence-electron chi connectivity index (χ3n) is 3.85. The van der Waals surface area contributed by atoms with Crippen LogP contribution in [0.3, 0.4) is 0 Å². The number of halogens is 1. The summed E-state index contributed by atoms with van der Waals surface area (Å²) in [7, 11) is 0. The molecule has 0 radical (unpaired) electrons. The first kappa shape index (κ1) is 17.8. The third-order valence-corrected chi connectivity index (χ3v) is 4.09. The number of hydrogen-bond acceptors (Lipinski definition) is 5. The van der Waals surface area contributed by atoms with Gasteiger partial charge in [-0.1, -0.05) is 47.1 Å². The molecular formula is C21H14ClN3O3. The largest absolute Gasteiger partial charge is 0.455 e. The maximum atomic E-state index is 12.6. The van der Waals surface area contributed by atoms with E-state index in [2.05, 4.69) is 15.5 Å². The van der Waals surface area contributed by atoms with Crippen molar-refractivity contribution in [3.63, 3.8) is 0 Å². The molecule has 4 rings (SSSR count). The summed E-state index contributed by atoms with van der Waals surface area (Å²) < 4.78 is 11.1. The monoisotopic (exact) mass is 391 g/mol. The van der Waals surface area contributed by atoms with Gasteiger partial charge in [-0.3, -0.25) is 9.78 Å². The summed E-state index contributed by atoms with van der Waals surface area (Å²) in [5.74, 6) is 1.12. The number of carbonyl (C=O) groups excluding carboxylic acids is 1. The van der Waals surface area contributed by atoms with E-state index in [4.69, 9.17) is 20.9 Å². The Labute approximate surface area is 165 Å². The first-order valence-electron chi connectivity index (χ1n) is 8.40. The molecule has 0 spiro atoms. The van der Waals surface area contributed by atoms with Crippen molar-refractivity contribution < 1.29 is 14.1 Å². The zero-order valence-electron chi connectivity index (χ0n) is 14.5. The van der Waals surface area contributed by atoms with Gasteiger partial charge in [0.1, 0.15) is 11.4 Å². The van der Waals surface area contributed by atoms with Gasteiger partial charge in [0.25, 0.3) is 5.91 Å². The molecule has 7 heteroatoms. The number of nitrogens with one attached hydrogen (secondary N) is 1. The zero-order chi connectivity index (χ0) is 19.3. The number of rotatable bonds is 5. The molecular weight excluding hydrogens is 378 g/mol. The molecule has 0 aliphatic rings. The Balaban J connectivity index is 1.53. The predicted octanol–water partition coefficient (Wildman–Crippen LogP) is 5.43. The number of anilines is 1. The Kier molecular flexibility index (Phi) is 5.03.